The number of nitrogens with one attached hydrogen (secondary N) is 1. The predicted molar refractivity (Wildman–Crippen MR) is 69.3 cm³/mol. The second-order valence-corrected chi connectivity index (χ2v) is 4.33. The Hall–Kier alpha value is -1.77. The van der Waals surface area contributed by atoms with Crippen LogP contribution >= 0.6 is 0 Å². The highest BCUT2D eigenvalue weighted by atomic mass is 16.1. The number of H-pyrrole nitrogens is 1. The fourth-order valence-corrected chi connectivity index (χ4v) is 2.26. The molecule has 3 heteroatoms. The zero-order valence-electron chi connectivity index (χ0n) is 10.3. The maximum Gasteiger partial charge on any atom is 0.326 e. The van der Waals surface area contributed by atoms with Crippen LogP contribution in [0.4, 0.5) is 0 Å². The lowest BCUT2D eigenvalue weighted by Crippen LogP contribution is -2.23. The minimum absolute atomic E-state index is 0.0355. The SMILES string of the molecule is CCCC(c1ccccc1C)n1cc[nH]c1=O. The van der Waals surface area contributed by atoms with Gasteiger partial charge < -0.3 is 4.98 Å². The van der Waals surface area contributed by atoms with E-state index >= 15 is 0 Å². The quantitative estimate of drug-likeness (QED) is 0.861. The molecule has 1 N–H and O–H groups in total. The van der Waals surface area contributed by atoms with Gasteiger partial charge in [-0.25, -0.2) is 4.79 Å². The summed E-state index contributed by atoms with van der Waals surface area (Å²) in [5, 5.41) is 0. The van der Waals surface area contributed by atoms with Crippen LogP contribution in [0.1, 0.15) is 36.9 Å². The van der Waals surface area contributed by atoms with Crippen molar-refractivity contribution in [2.45, 2.75) is 32.7 Å². The van der Waals surface area contributed by atoms with Gasteiger partial charge in [0, 0.05) is 12.4 Å². The van der Waals surface area contributed by atoms with E-state index in [9.17, 15) is 4.79 Å². The molecule has 90 valence electrons. The molecule has 1 heterocycles. The largest absolute Gasteiger partial charge is 0.326 e. The number of benzene rings is 1. The predicted octanol–water partition coefficient (Wildman–Crippen LogP) is 2.87. The number of hydrogen-bond donors (Lipinski definition) is 1. The van der Waals surface area contributed by atoms with E-state index in [1.165, 1.54) is 11.1 Å². The van der Waals surface area contributed by atoms with Gasteiger partial charge in [0.15, 0.2) is 0 Å². The van der Waals surface area contributed by atoms with Crippen molar-refractivity contribution in [2.24, 2.45) is 0 Å². The Morgan fingerprint density at radius 2 is 2.12 bits per heavy atom. The maximum atomic E-state index is 11.7. The van der Waals surface area contributed by atoms with E-state index in [0.29, 0.717) is 0 Å². The van der Waals surface area contributed by atoms with Crippen molar-refractivity contribution < 1.29 is 0 Å². The van der Waals surface area contributed by atoms with Gasteiger partial charge in [0.1, 0.15) is 0 Å². The Balaban J connectivity index is 2.47. The van der Waals surface area contributed by atoms with Crippen molar-refractivity contribution >= 4 is 0 Å². The average molecular weight is 230 g/mol. The van der Waals surface area contributed by atoms with Gasteiger partial charge in [-0.15, -0.1) is 0 Å². The normalized spacial score (nSPS) is 12.6. The lowest BCUT2D eigenvalue weighted by Gasteiger charge is -2.19. The molecule has 0 spiro atoms. The summed E-state index contributed by atoms with van der Waals surface area (Å²) in [7, 11) is 0. The van der Waals surface area contributed by atoms with Crippen LogP contribution in [0, 0.1) is 6.92 Å². The summed E-state index contributed by atoms with van der Waals surface area (Å²) in [6.45, 7) is 4.23. The molecule has 0 aliphatic heterocycles. The minimum atomic E-state index is -0.0355. The lowest BCUT2D eigenvalue weighted by atomic mass is 9.98. The van der Waals surface area contributed by atoms with Gasteiger partial charge >= 0.3 is 5.69 Å². The molecule has 0 radical (unpaired) electrons. The number of nitrogens with zero attached hydrogens (tertiary/aromatic N) is 1. The fraction of sp³-hybridized carbons (Fsp3) is 0.357. The van der Waals surface area contributed by atoms with Crippen LogP contribution in [0.15, 0.2) is 41.5 Å². The standard InChI is InChI=1S/C14H18N2O/c1-3-6-13(16-10-9-15-14(16)17)12-8-5-4-7-11(12)2/h4-5,7-10,13H,3,6H2,1-2H3,(H,15,17). The highest BCUT2D eigenvalue weighted by molar-refractivity contribution is 5.29. The van der Waals surface area contributed by atoms with E-state index in [1.807, 2.05) is 18.3 Å². The fourth-order valence-electron chi connectivity index (χ4n) is 2.26. The summed E-state index contributed by atoms with van der Waals surface area (Å²) in [5.74, 6) is 0. The molecule has 1 aromatic heterocycles. The molecular weight excluding hydrogens is 212 g/mol. The van der Waals surface area contributed by atoms with Crippen molar-refractivity contribution in [3.63, 3.8) is 0 Å². The smallest absolute Gasteiger partial charge is 0.313 e. The Morgan fingerprint density at radius 3 is 2.71 bits per heavy atom. The molecule has 3 nitrogen and oxygen atoms in total. The van der Waals surface area contributed by atoms with Gasteiger partial charge in [-0.05, 0) is 24.5 Å². The van der Waals surface area contributed by atoms with Gasteiger partial charge in [0.2, 0.25) is 0 Å². The first-order valence-electron chi connectivity index (χ1n) is 6.05. The molecule has 0 aliphatic carbocycles. The Morgan fingerprint density at radius 1 is 1.35 bits per heavy atom. The first kappa shape index (κ1) is 11.7. The molecule has 2 rings (SSSR count). The van der Waals surface area contributed by atoms with Crippen molar-refractivity contribution in [3.05, 3.63) is 58.3 Å². The Kier molecular flexibility index (Phi) is 3.47. The Bertz CT molecular complexity index is 539. The summed E-state index contributed by atoms with van der Waals surface area (Å²) in [5.41, 5.74) is 2.43. The van der Waals surface area contributed by atoms with Crippen LogP contribution in [-0.4, -0.2) is 9.55 Å². The summed E-state index contributed by atoms with van der Waals surface area (Å²) in [6.07, 6.45) is 5.55. The second-order valence-electron chi connectivity index (χ2n) is 4.33. The number of aromatic nitrogens is 2. The molecule has 2 aromatic rings. The average Bonchev–Trinajstić information content (AvgIpc) is 2.74. The lowest BCUT2D eigenvalue weighted by molar-refractivity contribution is 0.517. The second kappa shape index (κ2) is 5.04. The summed E-state index contributed by atoms with van der Waals surface area (Å²) in [6, 6.07) is 8.40. The van der Waals surface area contributed by atoms with E-state index in [-0.39, 0.29) is 11.7 Å². The van der Waals surface area contributed by atoms with Gasteiger partial charge in [-0.2, -0.15) is 0 Å². The van der Waals surface area contributed by atoms with Gasteiger partial charge in [0.25, 0.3) is 0 Å². The molecule has 1 unspecified atom stereocenters. The van der Waals surface area contributed by atoms with E-state index in [1.54, 1.807) is 10.8 Å². The molecule has 0 amide bonds. The van der Waals surface area contributed by atoms with Crippen LogP contribution in [-0.2, 0) is 0 Å². The molecule has 17 heavy (non-hydrogen) atoms. The highest BCUT2D eigenvalue weighted by Gasteiger charge is 2.15. The first-order chi connectivity index (χ1) is 8.24. The zero-order chi connectivity index (χ0) is 12.3. The third-order valence-corrected chi connectivity index (χ3v) is 3.12. The third-order valence-electron chi connectivity index (χ3n) is 3.12. The van der Waals surface area contributed by atoms with Crippen LogP contribution < -0.4 is 5.69 Å². The van der Waals surface area contributed by atoms with Crippen LogP contribution in [0.2, 0.25) is 0 Å². The zero-order valence-corrected chi connectivity index (χ0v) is 10.3. The molecule has 0 fully saturated rings. The van der Waals surface area contributed by atoms with Crippen LogP contribution in [0.5, 0.6) is 0 Å². The molecule has 0 bridgehead atoms. The molecule has 1 atom stereocenters. The van der Waals surface area contributed by atoms with Crippen LogP contribution in [0.3, 0.4) is 0 Å². The molecule has 1 aromatic carbocycles. The summed E-state index contributed by atoms with van der Waals surface area (Å²) >= 11 is 0. The molecule has 0 aliphatic rings. The van der Waals surface area contributed by atoms with Crippen LogP contribution in [0.25, 0.3) is 0 Å². The molecular formula is C14H18N2O. The minimum Gasteiger partial charge on any atom is -0.313 e. The van der Waals surface area contributed by atoms with Gasteiger partial charge in [-0.3, -0.25) is 4.57 Å². The van der Waals surface area contributed by atoms with Crippen molar-refractivity contribution in [1.82, 2.24) is 9.55 Å². The highest BCUT2D eigenvalue weighted by Crippen LogP contribution is 2.24. The number of hydrogen-bond acceptors (Lipinski definition) is 1. The summed E-state index contributed by atoms with van der Waals surface area (Å²) < 4.78 is 1.78. The van der Waals surface area contributed by atoms with E-state index in [2.05, 4.69) is 31.0 Å². The third kappa shape index (κ3) is 2.33. The molecule has 0 saturated heterocycles. The number of rotatable bonds is 4. The maximum absolute atomic E-state index is 11.7. The number of aromatic amines is 1. The number of aryl methyl sites for hydroxylation is 1. The summed E-state index contributed by atoms with van der Waals surface area (Å²) in [4.78, 5) is 14.4. The Labute approximate surface area is 101 Å². The van der Waals surface area contributed by atoms with Gasteiger partial charge in [0.05, 0.1) is 6.04 Å². The van der Waals surface area contributed by atoms with Crippen molar-refractivity contribution in [2.75, 3.05) is 0 Å². The van der Waals surface area contributed by atoms with E-state index < -0.39 is 0 Å². The monoisotopic (exact) mass is 230 g/mol. The number of imidazole rings is 1. The van der Waals surface area contributed by atoms with Gasteiger partial charge in [-0.1, -0.05) is 37.6 Å². The van der Waals surface area contributed by atoms with Crippen molar-refractivity contribution in [1.29, 1.82) is 0 Å². The van der Waals surface area contributed by atoms with E-state index in [0.717, 1.165) is 12.8 Å². The molecule has 0 saturated carbocycles. The van der Waals surface area contributed by atoms with Crippen molar-refractivity contribution in [3.8, 4) is 0 Å². The first-order valence-corrected chi connectivity index (χ1v) is 6.05. The topological polar surface area (TPSA) is 37.8 Å². The van der Waals surface area contributed by atoms with E-state index in [4.69, 9.17) is 0 Å².